The van der Waals surface area contributed by atoms with E-state index >= 15 is 0 Å². The van der Waals surface area contributed by atoms with E-state index in [1.54, 1.807) is 6.07 Å². The third kappa shape index (κ3) is 1.70. The third-order valence-corrected chi connectivity index (χ3v) is 3.84. The Labute approximate surface area is 104 Å². The Morgan fingerprint density at radius 3 is 3.06 bits per heavy atom. The van der Waals surface area contributed by atoms with E-state index in [0.717, 1.165) is 12.0 Å². The third-order valence-electron chi connectivity index (χ3n) is 3.84. The van der Waals surface area contributed by atoms with Crippen LogP contribution < -0.4 is 4.74 Å². The fourth-order valence-electron chi connectivity index (χ4n) is 2.95. The average Bonchev–Trinajstić information content (AvgIpc) is 2.68. The van der Waals surface area contributed by atoms with Gasteiger partial charge in [0.25, 0.3) is 0 Å². The monoisotopic (exact) mass is 251 g/mol. The molecule has 5 heteroatoms. The van der Waals surface area contributed by atoms with Crippen LogP contribution in [0.5, 0.6) is 5.75 Å². The number of rotatable bonds is 0. The number of carboxylic acid groups (broad SMARTS) is 1. The summed E-state index contributed by atoms with van der Waals surface area (Å²) < 4.78 is 19.2. The molecule has 4 nitrogen and oxygen atoms in total. The summed E-state index contributed by atoms with van der Waals surface area (Å²) in [6, 6.07) is 4.87. The Morgan fingerprint density at radius 1 is 1.44 bits per heavy atom. The van der Waals surface area contributed by atoms with E-state index in [0.29, 0.717) is 25.4 Å². The van der Waals surface area contributed by atoms with Gasteiger partial charge in [0.15, 0.2) is 11.6 Å². The fourth-order valence-corrected chi connectivity index (χ4v) is 2.95. The van der Waals surface area contributed by atoms with Gasteiger partial charge < -0.3 is 14.7 Å². The molecule has 2 aliphatic heterocycles. The van der Waals surface area contributed by atoms with Crippen LogP contribution in [-0.2, 0) is 0 Å². The summed E-state index contributed by atoms with van der Waals surface area (Å²) in [4.78, 5) is 12.4. The number of hydrogen-bond donors (Lipinski definition) is 1. The zero-order valence-corrected chi connectivity index (χ0v) is 9.80. The van der Waals surface area contributed by atoms with Gasteiger partial charge in [0.05, 0.1) is 6.61 Å². The maximum atomic E-state index is 13.7. The molecule has 0 aliphatic carbocycles. The van der Waals surface area contributed by atoms with E-state index in [4.69, 9.17) is 9.84 Å². The lowest BCUT2D eigenvalue weighted by atomic mass is 9.87. The summed E-state index contributed by atoms with van der Waals surface area (Å²) in [5.74, 6) is 0.220. The summed E-state index contributed by atoms with van der Waals surface area (Å²) in [5, 5.41) is 9.05. The molecular formula is C13H14FNO3. The number of carbonyl (C=O) groups is 1. The molecular weight excluding hydrogens is 237 g/mol. The van der Waals surface area contributed by atoms with Crippen LogP contribution in [0.2, 0.25) is 0 Å². The SMILES string of the molecule is O=C(O)N1CC2CCOc3c(F)cccc3C2C1. The molecule has 3 rings (SSSR count). The topological polar surface area (TPSA) is 49.8 Å². The second kappa shape index (κ2) is 4.15. The smallest absolute Gasteiger partial charge is 0.407 e. The molecule has 1 aromatic carbocycles. The van der Waals surface area contributed by atoms with Gasteiger partial charge in [-0.2, -0.15) is 0 Å². The lowest BCUT2D eigenvalue weighted by Crippen LogP contribution is -2.27. The standard InChI is InChI=1S/C13H14FNO3/c14-11-3-1-2-9-10-7-15(13(16)17)6-8(10)4-5-18-12(9)11/h1-3,8,10H,4-7H2,(H,16,17). The van der Waals surface area contributed by atoms with Crippen LogP contribution in [0.3, 0.4) is 0 Å². The largest absolute Gasteiger partial charge is 0.490 e. The van der Waals surface area contributed by atoms with E-state index < -0.39 is 6.09 Å². The molecule has 1 N–H and O–H groups in total. The van der Waals surface area contributed by atoms with Crippen LogP contribution >= 0.6 is 0 Å². The molecule has 18 heavy (non-hydrogen) atoms. The van der Waals surface area contributed by atoms with Crippen LogP contribution in [0.1, 0.15) is 17.9 Å². The summed E-state index contributed by atoms with van der Waals surface area (Å²) in [7, 11) is 0. The molecule has 0 radical (unpaired) electrons. The second-order valence-corrected chi connectivity index (χ2v) is 4.85. The van der Waals surface area contributed by atoms with Crippen molar-refractivity contribution in [2.24, 2.45) is 5.92 Å². The predicted octanol–water partition coefficient (Wildman–Crippen LogP) is 2.30. The summed E-state index contributed by atoms with van der Waals surface area (Å²) in [6.45, 7) is 1.39. The van der Waals surface area contributed by atoms with Crippen molar-refractivity contribution in [2.75, 3.05) is 19.7 Å². The minimum Gasteiger partial charge on any atom is -0.490 e. The van der Waals surface area contributed by atoms with Crippen molar-refractivity contribution in [3.05, 3.63) is 29.6 Å². The van der Waals surface area contributed by atoms with Gasteiger partial charge in [0.2, 0.25) is 0 Å². The molecule has 1 saturated heterocycles. The molecule has 0 aromatic heterocycles. The summed E-state index contributed by atoms with van der Waals surface area (Å²) >= 11 is 0. The molecule has 0 bridgehead atoms. The van der Waals surface area contributed by atoms with Gasteiger partial charge in [-0.1, -0.05) is 12.1 Å². The molecule has 2 aliphatic rings. The van der Waals surface area contributed by atoms with Gasteiger partial charge >= 0.3 is 6.09 Å². The first kappa shape index (κ1) is 11.3. The van der Waals surface area contributed by atoms with E-state index in [1.807, 2.05) is 6.07 Å². The van der Waals surface area contributed by atoms with Gasteiger partial charge in [-0.15, -0.1) is 0 Å². The summed E-state index contributed by atoms with van der Waals surface area (Å²) in [5.41, 5.74) is 0.807. The molecule has 2 atom stereocenters. The lowest BCUT2D eigenvalue weighted by Gasteiger charge is -2.15. The minimum absolute atomic E-state index is 0.0503. The Kier molecular flexibility index (Phi) is 2.61. The van der Waals surface area contributed by atoms with Crippen LogP contribution in [0.25, 0.3) is 0 Å². The van der Waals surface area contributed by atoms with Crippen molar-refractivity contribution in [1.82, 2.24) is 4.90 Å². The normalized spacial score (nSPS) is 25.9. The number of nitrogens with zero attached hydrogens (tertiary/aromatic N) is 1. The molecule has 2 unspecified atom stereocenters. The van der Waals surface area contributed by atoms with Crippen LogP contribution in [-0.4, -0.2) is 35.8 Å². The highest BCUT2D eigenvalue weighted by atomic mass is 19.1. The number of likely N-dealkylation sites (tertiary alicyclic amines) is 1. The lowest BCUT2D eigenvalue weighted by molar-refractivity contribution is 0.152. The van der Waals surface area contributed by atoms with E-state index in [9.17, 15) is 9.18 Å². The van der Waals surface area contributed by atoms with Crippen molar-refractivity contribution in [3.63, 3.8) is 0 Å². The van der Waals surface area contributed by atoms with Crippen molar-refractivity contribution in [2.45, 2.75) is 12.3 Å². The first-order valence-electron chi connectivity index (χ1n) is 6.06. The molecule has 1 amide bonds. The zero-order chi connectivity index (χ0) is 12.7. The van der Waals surface area contributed by atoms with Crippen LogP contribution in [0, 0.1) is 11.7 Å². The Bertz CT molecular complexity index is 491. The van der Waals surface area contributed by atoms with E-state index in [2.05, 4.69) is 0 Å². The minimum atomic E-state index is -0.901. The number of para-hydroxylation sites is 1. The zero-order valence-electron chi connectivity index (χ0n) is 9.80. The van der Waals surface area contributed by atoms with E-state index in [-0.39, 0.29) is 17.7 Å². The number of benzene rings is 1. The Morgan fingerprint density at radius 2 is 2.28 bits per heavy atom. The van der Waals surface area contributed by atoms with Gasteiger partial charge in [-0.05, 0) is 18.4 Å². The predicted molar refractivity (Wildman–Crippen MR) is 62.3 cm³/mol. The number of ether oxygens (including phenoxy) is 1. The highest BCUT2D eigenvalue weighted by molar-refractivity contribution is 5.65. The van der Waals surface area contributed by atoms with Crippen molar-refractivity contribution < 1.29 is 19.0 Å². The number of fused-ring (bicyclic) bond motifs is 3. The van der Waals surface area contributed by atoms with Gasteiger partial charge in [-0.25, -0.2) is 9.18 Å². The molecule has 96 valence electrons. The quantitative estimate of drug-likeness (QED) is 0.769. The highest BCUT2D eigenvalue weighted by Gasteiger charge is 2.39. The van der Waals surface area contributed by atoms with Gasteiger partial charge in [-0.3, -0.25) is 0 Å². The number of halogens is 1. The van der Waals surface area contributed by atoms with Crippen LogP contribution in [0.4, 0.5) is 9.18 Å². The Balaban J connectivity index is 1.99. The van der Waals surface area contributed by atoms with Crippen molar-refractivity contribution >= 4 is 6.09 Å². The van der Waals surface area contributed by atoms with Gasteiger partial charge in [0.1, 0.15) is 0 Å². The highest BCUT2D eigenvalue weighted by Crippen LogP contribution is 2.42. The number of hydrogen-bond acceptors (Lipinski definition) is 2. The van der Waals surface area contributed by atoms with Crippen molar-refractivity contribution in [1.29, 1.82) is 0 Å². The number of amides is 1. The molecule has 2 heterocycles. The van der Waals surface area contributed by atoms with Gasteiger partial charge in [0, 0.05) is 24.6 Å². The molecule has 1 fully saturated rings. The van der Waals surface area contributed by atoms with Crippen LogP contribution in [0.15, 0.2) is 18.2 Å². The first-order chi connectivity index (χ1) is 8.66. The molecule has 0 spiro atoms. The first-order valence-corrected chi connectivity index (χ1v) is 6.06. The molecule has 1 aromatic rings. The maximum absolute atomic E-state index is 13.7. The summed E-state index contributed by atoms with van der Waals surface area (Å²) in [6.07, 6.45) is -0.135. The maximum Gasteiger partial charge on any atom is 0.407 e. The van der Waals surface area contributed by atoms with Crippen molar-refractivity contribution in [3.8, 4) is 5.75 Å². The van der Waals surface area contributed by atoms with E-state index in [1.165, 1.54) is 11.0 Å². The second-order valence-electron chi connectivity index (χ2n) is 4.85. The average molecular weight is 251 g/mol. The fraction of sp³-hybridized carbons (Fsp3) is 0.462. The molecule has 0 saturated carbocycles. The Hall–Kier alpha value is -1.78.